The Kier molecular flexibility index (Phi) is 5.30. The van der Waals surface area contributed by atoms with Crippen LogP contribution >= 0.6 is 0 Å². The van der Waals surface area contributed by atoms with Gasteiger partial charge in [0.15, 0.2) is 0 Å². The highest BCUT2D eigenvalue weighted by Crippen LogP contribution is 2.40. The molecule has 0 N–H and O–H groups in total. The summed E-state index contributed by atoms with van der Waals surface area (Å²) in [7, 11) is 1.65. The predicted octanol–water partition coefficient (Wildman–Crippen LogP) is 2.49. The Hall–Kier alpha value is -2.04. The molecule has 0 unspecified atom stereocenters. The molecule has 2 heterocycles. The van der Waals surface area contributed by atoms with E-state index in [0.29, 0.717) is 19.5 Å². The Balaban J connectivity index is 1.56. The fraction of sp³-hybridized carbons (Fsp3) is 0.600. The van der Waals surface area contributed by atoms with Crippen LogP contribution in [0.5, 0.6) is 5.75 Å². The number of carbonyl (C=O) groups excluding carboxylic acids is 2. The van der Waals surface area contributed by atoms with Crippen LogP contribution in [-0.2, 0) is 16.0 Å². The smallest absolute Gasteiger partial charge is 0.230 e. The van der Waals surface area contributed by atoms with Gasteiger partial charge in [0.1, 0.15) is 5.75 Å². The third-order valence-corrected chi connectivity index (χ3v) is 5.70. The molecule has 0 aliphatic carbocycles. The maximum Gasteiger partial charge on any atom is 0.230 e. The molecule has 0 aromatic heterocycles. The van der Waals surface area contributed by atoms with Crippen molar-refractivity contribution in [2.45, 2.75) is 39.0 Å². The standard InChI is InChI=1S/C20H28N2O3/c1-3-21-13-4-11-20(19(21)24)12-14-22(15-20)18(23)10-7-16-5-8-17(25-2)9-6-16/h5-6,8-9H,3-4,7,10-15H2,1-2H3/t20-/m1/s1. The second-order valence-electron chi connectivity index (χ2n) is 7.18. The quantitative estimate of drug-likeness (QED) is 0.825. The number of piperidine rings is 1. The Bertz CT molecular complexity index is 628. The molecule has 25 heavy (non-hydrogen) atoms. The van der Waals surface area contributed by atoms with Gasteiger partial charge in [0.05, 0.1) is 12.5 Å². The first kappa shape index (κ1) is 17.8. The minimum Gasteiger partial charge on any atom is -0.497 e. The first-order chi connectivity index (χ1) is 12.1. The number of benzene rings is 1. The molecule has 2 aliphatic rings. The number of carbonyl (C=O) groups is 2. The number of methoxy groups -OCH3 is 1. The lowest BCUT2D eigenvalue weighted by atomic mass is 9.78. The fourth-order valence-corrected chi connectivity index (χ4v) is 4.12. The molecule has 1 spiro atoms. The van der Waals surface area contributed by atoms with Gasteiger partial charge >= 0.3 is 0 Å². The summed E-state index contributed by atoms with van der Waals surface area (Å²) in [5, 5.41) is 0. The highest BCUT2D eigenvalue weighted by atomic mass is 16.5. The zero-order chi connectivity index (χ0) is 17.9. The van der Waals surface area contributed by atoms with Crippen molar-refractivity contribution in [3.8, 4) is 5.75 Å². The van der Waals surface area contributed by atoms with Gasteiger partial charge in [-0.15, -0.1) is 0 Å². The zero-order valence-corrected chi connectivity index (χ0v) is 15.3. The highest BCUT2D eigenvalue weighted by Gasteiger charge is 2.48. The number of rotatable bonds is 5. The molecule has 2 aliphatic heterocycles. The van der Waals surface area contributed by atoms with Crippen molar-refractivity contribution in [3.63, 3.8) is 0 Å². The molecule has 1 atom stereocenters. The number of aryl methyl sites for hydroxylation is 1. The van der Waals surface area contributed by atoms with E-state index >= 15 is 0 Å². The van der Waals surface area contributed by atoms with Crippen molar-refractivity contribution < 1.29 is 14.3 Å². The van der Waals surface area contributed by atoms with Crippen LogP contribution in [0.15, 0.2) is 24.3 Å². The van der Waals surface area contributed by atoms with Gasteiger partial charge in [-0.05, 0) is 50.3 Å². The molecular weight excluding hydrogens is 316 g/mol. The lowest BCUT2D eigenvalue weighted by Gasteiger charge is -2.38. The van der Waals surface area contributed by atoms with Crippen LogP contribution in [0.1, 0.15) is 38.2 Å². The lowest BCUT2D eigenvalue weighted by molar-refractivity contribution is -0.145. The largest absolute Gasteiger partial charge is 0.497 e. The van der Waals surface area contributed by atoms with Crippen LogP contribution in [-0.4, -0.2) is 54.9 Å². The number of nitrogens with zero attached hydrogens (tertiary/aromatic N) is 2. The van der Waals surface area contributed by atoms with Gasteiger partial charge < -0.3 is 14.5 Å². The van der Waals surface area contributed by atoms with Gasteiger partial charge in [-0.1, -0.05) is 12.1 Å². The number of amides is 2. The van der Waals surface area contributed by atoms with E-state index in [9.17, 15) is 9.59 Å². The normalized spacial score (nSPS) is 23.4. The van der Waals surface area contributed by atoms with Gasteiger partial charge in [0.25, 0.3) is 0 Å². The minimum atomic E-state index is -0.315. The van der Waals surface area contributed by atoms with Gasteiger partial charge in [0, 0.05) is 32.6 Å². The molecule has 0 saturated carbocycles. The molecule has 1 aromatic carbocycles. The monoisotopic (exact) mass is 344 g/mol. The Morgan fingerprint density at radius 2 is 1.96 bits per heavy atom. The Morgan fingerprint density at radius 1 is 1.20 bits per heavy atom. The number of likely N-dealkylation sites (tertiary alicyclic amines) is 2. The van der Waals surface area contributed by atoms with Crippen LogP contribution in [0.4, 0.5) is 0 Å². The Labute approximate surface area is 149 Å². The van der Waals surface area contributed by atoms with Crippen molar-refractivity contribution in [3.05, 3.63) is 29.8 Å². The van der Waals surface area contributed by atoms with Gasteiger partial charge in [-0.25, -0.2) is 0 Å². The molecule has 2 saturated heterocycles. The third-order valence-electron chi connectivity index (χ3n) is 5.70. The average Bonchev–Trinajstić information content (AvgIpc) is 3.08. The molecule has 0 radical (unpaired) electrons. The van der Waals surface area contributed by atoms with Crippen LogP contribution < -0.4 is 4.74 Å². The molecule has 2 fully saturated rings. The molecular formula is C20H28N2O3. The second-order valence-corrected chi connectivity index (χ2v) is 7.18. The van der Waals surface area contributed by atoms with Crippen molar-refractivity contribution in [1.29, 1.82) is 0 Å². The molecule has 5 nitrogen and oxygen atoms in total. The minimum absolute atomic E-state index is 0.161. The van der Waals surface area contributed by atoms with E-state index in [4.69, 9.17) is 4.74 Å². The van der Waals surface area contributed by atoms with Crippen molar-refractivity contribution in [2.75, 3.05) is 33.3 Å². The first-order valence-corrected chi connectivity index (χ1v) is 9.28. The van der Waals surface area contributed by atoms with Crippen molar-refractivity contribution in [1.82, 2.24) is 9.80 Å². The van der Waals surface area contributed by atoms with Crippen molar-refractivity contribution >= 4 is 11.8 Å². The summed E-state index contributed by atoms with van der Waals surface area (Å²) >= 11 is 0. The van der Waals surface area contributed by atoms with Gasteiger partial charge in [-0.2, -0.15) is 0 Å². The zero-order valence-electron chi connectivity index (χ0n) is 15.3. The molecule has 5 heteroatoms. The van der Waals surface area contributed by atoms with Gasteiger partial charge in [0.2, 0.25) is 11.8 Å². The van der Waals surface area contributed by atoms with E-state index in [0.717, 1.165) is 50.1 Å². The summed E-state index contributed by atoms with van der Waals surface area (Å²) in [6.45, 7) is 4.98. The number of hydrogen-bond donors (Lipinski definition) is 0. The predicted molar refractivity (Wildman–Crippen MR) is 96.4 cm³/mol. The maximum absolute atomic E-state index is 12.8. The van der Waals surface area contributed by atoms with Crippen LogP contribution in [0.25, 0.3) is 0 Å². The summed E-state index contributed by atoms with van der Waals surface area (Å²) in [6.07, 6.45) is 4.00. The molecule has 2 amide bonds. The van der Waals surface area contributed by atoms with E-state index in [1.165, 1.54) is 0 Å². The van der Waals surface area contributed by atoms with Crippen LogP contribution in [0.3, 0.4) is 0 Å². The van der Waals surface area contributed by atoms with E-state index in [1.807, 2.05) is 41.0 Å². The summed E-state index contributed by atoms with van der Waals surface area (Å²) in [6, 6.07) is 7.85. The molecule has 3 rings (SSSR count). The molecule has 1 aromatic rings. The van der Waals surface area contributed by atoms with Crippen LogP contribution in [0.2, 0.25) is 0 Å². The number of hydrogen-bond acceptors (Lipinski definition) is 3. The van der Waals surface area contributed by atoms with Crippen molar-refractivity contribution in [2.24, 2.45) is 5.41 Å². The molecule has 0 bridgehead atoms. The first-order valence-electron chi connectivity index (χ1n) is 9.28. The second kappa shape index (κ2) is 7.46. The lowest BCUT2D eigenvalue weighted by Crippen LogP contribution is -2.50. The van der Waals surface area contributed by atoms with E-state index < -0.39 is 0 Å². The van der Waals surface area contributed by atoms with Gasteiger partial charge in [-0.3, -0.25) is 9.59 Å². The Morgan fingerprint density at radius 3 is 2.64 bits per heavy atom. The summed E-state index contributed by atoms with van der Waals surface area (Å²) < 4.78 is 5.16. The number of ether oxygens (including phenoxy) is 1. The SMILES string of the molecule is CCN1CCC[C@]2(CCN(C(=O)CCc3ccc(OC)cc3)C2)C1=O. The van der Waals surface area contributed by atoms with E-state index in [1.54, 1.807) is 7.11 Å². The van der Waals surface area contributed by atoms with E-state index in [2.05, 4.69) is 0 Å². The highest BCUT2D eigenvalue weighted by molar-refractivity contribution is 5.86. The van der Waals surface area contributed by atoms with E-state index in [-0.39, 0.29) is 17.2 Å². The van der Waals surface area contributed by atoms with Crippen LogP contribution in [0, 0.1) is 5.41 Å². The third kappa shape index (κ3) is 3.65. The average molecular weight is 344 g/mol. The summed E-state index contributed by atoms with van der Waals surface area (Å²) in [5.41, 5.74) is 0.818. The summed E-state index contributed by atoms with van der Waals surface area (Å²) in [5.74, 6) is 1.24. The maximum atomic E-state index is 12.8. The topological polar surface area (TPSA) is 49.9 Å². The summed E-state index contributed by atoms with van der Waals surface area (Å²) in [4.78, 5) is 29.2. The fourth-order valence-electron chi connectivity index (χ4n) is 4.12. The molecule has 136 valence electrons.